The van der Waals surface area contributed by atoms with Crippen molar-refractivity contribution in [1.29, 1.82) is 0 Å². The minimum absolute atomic E-state index is 0.317. The fourth-order valence-electron chi connectivity index (χ4n) is 3.08. The molecule has 0 saturated heterocycles. The molecule has 0 aliphatic heterocycles. The summed E-state index contributed by atoms with van der Waals surface area (Å²) in [5.41, 5.74) is 5.47. The van der Waals surface area contributed by atoms with Crippen LogP contribution in [0.25, 0.3) is 17.7 Å². The van der Waals surface area contributed by atoms with Gasteiger partial charge in [0, 0.05) is 6.26 Å². The van der Waals surface area contributed by atoms with Crippen molar-refractivity contribution >= 4 is 33.5 Å². The van der Waals surface area contributed by atoms with E-state index in [1.807, 2.05) is 30.4 Å². The van der Waals surface area contributed by atoms with Crippen molar-refractivity contribution in [3.05, 3.63) is 70.3 Å². The number of rotatable bonds is 4. The molecule has 0 unspecified atom stereocenters. The summed E-state index contributed by atoms with van der Waals surface area (Å²) >= 11 is 0. The van der Waals surface area contributed by atoms with Gasteiger partial charge in [-0.2, -0.15) is 0 Å². The van der Waals surface area contributed by atoms with Crippen LogP contribution in [-0.2, 0) is 14.6 Å². The molecular formula is C21H20O4S. The zero-order valence-corrected chi connectivity index (χ0v) is 15.8. The number of carbonyl (C=O) groups excluding carboxylic acids is 1. The number of hydrogen-bond donors (Lipinski definition) is 0. The number of fused-ring (bicyclic) bond motifs is 1. The molecule has 0 atom stereocenters. The molecule has 5 heteroatoms. The van der Waals surface area contributed by atoms with Gasteiger partial charge in [-0.1, -0.05) is 31.2 Å². The second-order valence-electron chi connectivity index (χ2n) is 6.22. The molecule has 2 aromatic rings. The monoisotopic (exact) mass is 368 g/mol. The lowest BCUT2D eigenvalue weighted by molar-refractivity contribution is 0.0600. The Hall–Kier alpha value is -2.66. The lowest BCUT2D eigenvalue weighted by atomic mass is 9.98. The Kier molecular flexibility index (Phi) is 4.83. The SMILES string of the molecule is CCC1=Cc2cc(S(C)(=O)=O)ccc2/C1=C\c1cccc(C(=O)OC)c1. The molecule has 4 nitrogen and oxygen atoms in total. The third-order valence-corrected chi connectivity index (χ3v) is 5.53. The average molecular weight is 368 g/mol. The normalized spacial score (nSPS) is 14.9. The van der Waals surface area contributed by atoms with Crippen molar-refractivity contribution < 1.29 is 17.9 Å². The van der Waals surface area contributed by atoms with Crippen LogP contribution < -0.4 is 0 Å². The maximum Gasteiger partial charge on any atom is 0.337 e. The Bertz CT molecular complexity index is 1040. The van der Waals surface area contributed by atoms with E-state index in [9.17, 15) is 13.2 Å². The zero-order chi connectivity index (χ0) is 18.9. The van der Waals surface area contributed by atoms with E-state index < -0.39 is 9.84 Å². The predicted molar refractivity (Wildman–Crippen MR) is 103 cm³/mol. The van der Waals surface area contributed by atoms with Crippen LogP contribution in [0, 0.1) is 0 Å². The van der Waals surface area contributed by atoms with Gasteiger partial charge in [0.1, 0.15) is 0 Å². The highest BCUT2D eigenvalue weighted by Gasteiger charge is 2.20. The van der Waals surface area contributed by atoms with Crippen molar-refractivity contribution in [3.63, 3.8) is 0 Å². The van der Waals surface area contributed by atoms with Crippen LogP contribution in [0.3, 0.4) is 0 Å². The number of allylic oxidation sites excluding steroid dienone is 2. The molecule has 134 valence electrons. The van der Waals surface area contributed by atoms with Crippen molar-refractivity contribution in [1.82, 2.24) is 0 Å². The quantitative estimate of drug-likeness (QED) is 0.758. The fourth-order valence-corrected chi connectivity index (χ4v) is 3.73. The van der Waals surface area contributed by atoms with Crippen LogP contribution in [0.4, 0.5) is 0 Å². The first-order chi connectivity index (χ1) is 12.3. The number of esters is 1. The number of methoxy groups -OCH3 is 1. The molecule has 0 amide bonds. The van der Waals surface area contributed by atoms with E-state index >= 15 is 0 Å². The summed E-state index contributed by atoms with van der Waals surface area (Å²) in [7, 11) is -1.88. The molecule has 0 fully saturated rings. The third-order valence-electron chi connectivity index (χ3n) is 4.42. The standard InChI is InChI=1S/C21H20O4S/c1-4-15-12-17-13-18(26(3,23)24)8-9-19(17)20(15)11-14-6-5-7-16(10-14)21(22)25-2/h5-13H,4H2,1-3H3/b20-11-. The summed E-state index contributed by atoms with van der Waals surface area (Å²) in [6.45, 7) is 2.06. The Balaban J connectivity index is 2.08. The second kappa shape index (κ2) is 6.92. The lowest BCUT2D eigenvalue weighted by Crippen LogP contribution is -2.00. The highest BCUT2D eigenvalue weighted by atomic mass is 32.2. The van der Waals surface area contributed by atoms with Gasteiger partial charge in [-0.15, -0.1) is 0 Å². The fraction of sp³-hybridized carbons (Fsp3) is 0.190. The van der Waals surface area contributed by atoms with Gasteiger partial charge in [-0.25, -0.2) is 13.2 Å². The van der Waals surface area contributed by atoms with Crippen LogP contribution in [0.15, 0.2) is 52.9 Å². The molecule has 0 N–H and O–H groups in total. The average Bonchev–Trinajstić information content (AvgIpc) is 2.97. The maximum atomic E-state index is 11.8. The molecule has 0 aromatic heterocycles. The van der Waals surface area contributed by atoms with Crippen LogP contribution in [0.5, 0.6) is 0 Å². The van der Waals surface area contributed by atoms with E-state index in [0.29, 0.717) is 10.5 Å². The molecule has 1 aliphatic rings. The number of benzene rings is 2. The molecule has 1 aliphatic carbocycles. The Morgan fingerprint density at radius 1 is 1.15 bits per heavy atom. The van der Waals surface area contributed by atoms with Crippen molar-refractivity contribution in [2.24, 2.45) is 0 Å². The molecule has 0 spiro atoms. The number of sulfone groups is 1. The van der Waals surface area contributed by atoms with Gasteiger partial charge < -0.3 is 4.74 Å². The van der Waals surface area contributed by atoms with Gasteiger partial charge in [0.25, 0.3) is 0 Å². The van der Waals surface area contributed by atoms with E-state index in [1.54, 1.807) is 24.3 Å². The van der Waals surface area contributed by atoms with E-state index in [4.69, 9.17) is 4.74 Å². The molecule has 2 aromatic carbocycles. The van der Waals surface area contributed by atoms with Crippen LogP contribution in [0.1, 0.15) is 40.4 Å². The third kappa shape index (κ3) is 3.48. The first kappa shape index (κ1) is 18.1. The van der Waals surface area contributed by atoms with Gasteiger partial charge >= 0.3 is 5.97 Å². The first-order valence-corrected chi connectivity index (χ1v) is 10.2. The smallest absolute Gasteiger partial charge is 0.337 e. The summed E-state index contributed by atoms with van der Waals surface area (Å²) < 4.78 is 28.4. The predicted octanol–water partition coefficient (Wildman–Crippen LogP) is 4.22. The van der Waals surface area contributed by atoms with Crippen LogP contribution >= 0.6 is 0 Å². The summed E-state index contributed by atoms with van der Waals surface area (Å²) in [5.74, 6) is -0.374. The van der Waals surface area contributed by atoms with Crippen molar-refractivity contribution in [2.45, 2.75) is 18.2 Å². The minimum Gasteiger partial charge on any atom is -0.465 e. The van der Waals surface area contributed by atoms with Crippen LogP contribution in [0.2, 0.25) is 0 Å². The molecule has 0 saturated carbocycles. The summed E-state index contributed by atoms with van der Waals surface area (Å²) in [6.07, 6.45) is 6.09. The van der Waals surface area contributed by atoms with Gasteiger partial charge in [-0.3, -0.25) is 0 Å². The van der Waals surface area contributed by atoms with Crippen molar-refractivity contribution in [2.75, 3.05) is 13.4 Å². The molecular weight excluding hydrogens is 348 g/mol. The Labute approximate surface area is 153 Å². The Morgan fingerprint density at radius 3 is 2.58 bits per heavy atom. The number of hydrogen-bond acceptors (Lipinski definition) is 4. The topological polar surface area (TPSA) is 60.4 Å². The van der Waals surface area contributed by atoms with E-state index in [0.717, 1.165) is 34.3 Å². The highest BCUT2D eigenvalue weighted by Crippen LogP contribution is 2.39. The van der Waals surface area contributed by atoms with Gasteiger partial charge in [0.05, 0.1) is 17.6 Å². The second-order valence-corrected chi connectivity index (χ2v) is 8.24. The van der Waals surface area contributed by atoms with Crippen molar-refractivity contribution in [3.8, 4) is 0 Å². The molecule has 0 radical (unpaired) electrons. The molecule has 3 rings (SSSR count). The summed E-state index contributed by atoms with van der Waals surface area (Å²) in [6, 6.07) is 12.4. The van der Waals surface area contributed by atoms with E-state index in [2.05, 4.69) is 6.92 Å². The maximum absolute atomic E-state index is 11.8. The minimum atomic E-state index is -3.24. The Morgan fingerprint density at radius 2 is 1.92 bits per heavy atom. The number of ether oxygens (including phenoxy) is 1. The number of carbonyl (C=O) groups is 1. The largest absolute Gasteiger partial charge is 0.465 e. The highest BCUT2D eigenvalue weighted by molar-refractivity contribution is 7.90. The molecule has 0 bridgehead atoms. The van der Waals surface area contributed by atoms with E-state index in [1.165, 1.54) is 13.4 Å². The first-order valence-electron chi connectivity index (χ1n) is 8.29. The lowest BCUT2D eigenvalue weighted by Gasteiger charge is -2.08. The zero-order valence-electron chi connectivity index (χ0n) is 14.9. The van der Waals surface area contributed by atoms with Gasteiger partial charge in [0.15, 0.2) is 9.84 Å². The van der Waals surface area contributed by atoms with Gasteiger partial charge in [0.2, 0.25) is 0 Å². The summed E-state index contributed by atoms with van der Waals surface area (Å²) in [4.78, 5) is 12.1. The van der Waals surface area contributed by atoms with Gasteiger partial charge in [-0.05, 0) is 64.6 Å². The molecule has 0 heterocycles. The molecule has 26 heavy (non-hydrogen) atoms. The summed E-state index contributed by atoms with van der Waals surface area (Å²) in [5, 5.41) is 0. The van der Waals surface area contributed by atoms with E-state index in [-0.39, 0.29) is 5.97 Å². The van der Waals surface area contributed by atoms with Crippen LogP contribution in [-0.4, -0.2) is 27.8 Å².